The predicted octanol–water partition coefficient (Wildman–Crippen LogP) is 3.11. The fourth-order valence-electron chi connectivity index (χ4n) is 2.14. The second kappa shape index (κ2) is 6.83. The molecule has 5 nitrogen and oxygen atoms in total. The van der Waals surface area contributed by atoms with E-state index in [1.165, 1.54) is 12.3 Å². The van der Waals surface area contributed by atoms with Gasteiger partial charge in [-0.05, 0) is 32.8 Å². The Balaban J connectivity index is 3.27. The molecule has 0 saturated carbocycles. The summed E-state index contributed by atoms with van der Waals surface area (Å²) < 4.78 is 24.6. The Morgan fingerprint density at radius 2 is 1.90 bits per heavy atom. The van der Waals surface area contributed by atoms with E-state index in [2.05, 4.69) is 0 Å². The molecule has 1 heterocycles. The lowest BCUT2D eigenvalue weighted by Gasteiger charge is -2.24. The first-order chi connectivity index (χ1) is 9.57. The van der Waals surface area contributed by atoms with E-state index in [4.69, 9.17) is 10.7 Å². The van der Waals surface area contributed by atoms with Crippen LogP contribution in [0.15, 0.2) is 17.2 Å². The Kier molecular flexibility index (Phi) is 5.87. The van der Waals surface area contributed by atoms with Crippen LogP contribution in [0.25, 0.3) is 0 Å². The molecule has 0 saturated heterocycles. The van der Waals surface area contributed by atoms with Crippen molar-refractivity contribution in [3.05, 3.63) is 18.0 Å². The minimum atomic E-state index is -3.85. The Morgan fingerprint density at radius 1 is 1.33 bits per heavy atom. The molecule has 0 fully saturated rings. The van der Waals surface area contributed by atoms with Crippen LogP contribution >= 0.6 is 10.7 Å². The van der Waals surface area contributed by atoms with Crippen LogP contribution in [0.4, 0.5) is 0 Å². The van der Waals surface area contributed by atoms with Crippen LogP contribution in [0.2, 0.25) is 0 Å². The zero-order chi connectivity index (χ0) is 16.4. The van der Waals surface area contributed by atoms with Crippen molar-refractivity contribution in [1.29, 1.82) is 0 Å². The highest BCUT2D eigenvalue weighted by atomic mass is 35.7. The molecule has 1 rings (SSSR count). The van der Waals surface area contributed by atoms with Crippen LogP contribution in [0.5, 0.6) is 0 Å². The van der Waals surface area contributed by atoms with Gasteiger partial charge in [0.05, 0.1) is 0 Å². The maximum absolute atomic E-state index is 12.6. The van der Waals surface area contributed by atoms with Gasteiger partial charge >= 0.3 is 0 Å². The van der Waals surface area contributed by atoms with Crippen LogP contribution in [0.3, 0.4) is 0 Å². The van der Waals surface area contributed by atoms with Crippen molar-refractivity contribution in [3.8, 4) is 0 Å². The van der Waals surface area contributed by atoms with Gasteiger partial charge in [0.15, 0.2) is 0 Å². The largest absolute Gasteiger partial charge is 0.340 e. The number of aromatic nitrogens is 1. The van der Waals surface area contributed by atoms with Gasteiger partial charge in [-0.2, -0.15) is 0 Å². The van der Waals surface area contributed by atoms with E-state index in [-0.39, 0.29) is 16.8 Å². The van der Waals surface area contributed by atoms with Crippen molar-refractivity contribution in [2.75, 3.05) is 13.1 Å². The topological polar surface area (TPSA) is 59.4 Å². The second-order valence-electron chi connectivity index (χ2n) is 5.74. The van der Waals surface area contributed by atoms with Gasteiger partial charge in [0.25, 0.3) is 15.0 Å². The summed E-state index contributed by atoms with van der Waals surface area (Å²) in [5, 5.41) is 0. The number of halogens is 1. The highest BCUT2D eigenvalue weighted by Gasteiger charge is 2.24. The minimum absolute atomic E-state index is 0.0335. The first-order valence-electron chi connectivity index (χ1n) is 7.03. The minimum Gasteiger partial charge on any atom is -0.340 e. The van der Waals surface area contributed by atoms with Crippen molar-refractivity contribution in [2.45, 2.75) is 45.6 Å². The van der Waals surface area contributed by atoms with E-state index in [9.17, 15) is 13.2 Å². The molecule has 21 heavy (non-hydrogen) atoms. The molecule has 0 aliphatic carbocycles. The molecule has 0 aliphatic heterocycles. The predicted molar refractivity (Wildman–Crippen MR) is 84.3 cm³/mol. The Hall–Kier alpha value is -1.01. The maximum Gasteiger partial charge on any atom is 0.270 e. The SMILES string of the molecule is CCN(CC(C)C)C(=O)c1cc(S(=O)(=O)Cl)cn1C(C)C. The molecule has 1 aromatic heterocycles. The van der Waals surface area contributed by atoms with Gasteiger partial charge in [0, 0.05) is 36.0 Å². The standard InChI is InChI=1S/C14H23ClN2O3S/c1-6-16(8-10(2)3)14(18)13-7-12(21(15,19)20)9-17(13)11(4)5/h7,9-11H,6,8H2,1-5H3. The molecule has 0 spiro atoms. The van der Waals surface area contributed by atoms with Gasteiger partial charge in [-0.25, -0.2) is 8.42 Å². The quantitative estimate of drug-likeness (QED) is 0.751. The molecule has 0 aromatic carbocycles. The van der Waals surface area contributed by atoms with E-state index < -0.39 is 9.05 Å². The Bertz CT molecular complexity index is 606. The lowest BCUT2D eigenvalue weighted by atomic mass is 10.2. The zero-order valence-corrected chi connectivity index (χ0v) is 14.7. The first kappa shape index (κ1) is 18.0. The maximum atomic E-state index is 12.6. The van der Waals surface area contributed by atoms with Crippen molar-refractivity contribution in [3.63, 3.8) is 0 Å². The molecule has 1 amide bonds. The number of carbonyl (C=O) groups is 1. The number of carbonyl (C=O) groups excluding carboxylic acids is 1. The van der Waals surface area contributed by atoms with Crippen molar-refractivity contribution < 1.29 is 13.2 Å². The van der Waals surface area contributed by atoms with E-state index in [1.807, 2.05) is 34.6 Å². The van der Waals surface area contributed by atoms with E-state index in [1.54, 1.807) is 9.47 Å². The Labute approximate surface area is 131 Å². The normalized spacial score (nSPS) is 12.2. The lowest BCUT2D eigenvalue weighted by molar-refractivity contribution is 0.0733. The van der Waals surface area contributed by atoms with Gasteiger partial charge in [0.2, 0.25) is 0 Å². The van der Waals surface area contributed by atoms with E-state index in [0.717, 1.165) is 0 Å². The van der Waals surface area contributed by atoms with Crippen LogP contribution in [-0.2, 0) is 9.05 Å². The molecule has 0 bridgehead atoms. The molecule has 1 aromatic rings. The van der Waals surface area contributed by atoms with Crippen LogP contribution in [0, 0.1) is 5.92 Å². The third-order valence-electron chi connectivity index (χ3n) is 3.13. The van der Waals surface area contributed by atoms with Crippen molar-refractivity contribution in [2.24, 2.45) is 5.92 Å². The van der Waals surface area contributed by atoms with Gasteiger partial charge in [0.1, 0.15) is 10.6 Å². The number of hydrogen-bond acceptors (Lipinski definition) is 3. The molecule has 0 unspecified atom stereocenters. The fraction of sp³-hybridized carbons (Fsp3) is 0.643. The number of nitrogens with zero attached hydrogens (tertiary/aromatic N) is 2. The molecular weight excluding hydrogens is 312 g/mol. The molecule has 0 atom stereocenters. The number of rotatable bonds is 6. The molecular formula is C14H23ClN2O3S. The zero-order valence-electron chi connectivity index (χ0n) is 13.1. The summed E-state index contributed by atoms with van der Waals surface area (Å²) in [5.41, 5.74) is 0.353. The summed E-state index contributed by atoms with van der Waals surface area (Å²) >= 11 is 0. The lowest BCUT2D eigenvalue weighted by Crippen LogP contribution is -2.35. The molecule has 0 N–H and O–H groups in total. The second-order valence-corrected chi connectivity index (χ2v) is 8.30. The third-order valence-corrected chi connectivity index (χ3v) is 4.46. The smallest absolute Gasteiger partial charge is 0.270 e. The van der Waals surface area contributed by atoms with Crippen molar-refractivity contribution in [1.82, 2.24) is 9.47 Å². The van der Waals surface area contributed by atoms with Gasteiger partial charge in [-0.1, -0.05) is 13.8 Å². The van der Waals surface area contributed by atoms with Crippen LogP contribution in [0.1, 0.15) is 51.1 Å². The van der Waals surface area contributed by atoms with E-state index in [0.29, 0.717) is 24.7 Å². The van der Waals surface area contributed by atoms with Gasteiger partial charge < -0.3 is 9.47 Å². The Morgan fingerprint density at radius 3 is 2.29 bits per heavy atom. The van der Waals surface area contributed by atoms with E-state index >= 15 is 0 Å². The average molecular weight is 335 g/mol. The summed E-state index contributed by atoms with van der Waals surface area (Å²) in [6, 6.07) is 1.32. The molecule has 7 heteroatoms. The van der Waals surface area contributed by atoms with Gasteiger partial charge in [-0.3, -0.25) is 4.79 Å². The summed E-state index contributed by atoms with van der Waals surface area (Å²) in [6.45, 7) is 10.9. The molecule has 0 radical (unpaired) electrons. The van der Waals surface area contributed by atoms with Crippen LogP contribution < -0.4 is 0 Å². The summed E-state index contributed by atoms with van der Waals surface area (Å²) in [4.78, 5) is 14.3. The monoisotopic (exact) mass is 334 g/mol. The highest BCUT2D eigenvalue weighted by Crippen LogP contribution is 2.23. The number of hydrogen-bond donors (Lipinski definition) is 0. The molecule has 0 aliphatic rings. The van der Waals surface area contributed by atoms with Crippen molar-refractivity contribution >= 4 is 25.6 Å². The highest BCUT2D eigenvalue weighted by molar-refractivity contribution is 8.13. The summed E-state index contributed by atoms with van der Waals surface area (Å²) in [7, 11) is 1.54. The summed E-state index contributed by atoms with van der Waals surface area (Å²) in [6.07, 6.45) is 1.42. The van der Waals surface area contributed by atoms with Gasteiger partial charge in [-0.15, -0.1) is 0 Å². The summed E-state index contributed by atoms with van der Waals surface area (Å²) in [5.74, 6) is 0.166. The first-order valence-corrected chi connectivity index (χ1v) is 9.34. The number of amides is 1. The average Bonchev–Trinajstić information content (AvgIpc) is 2.79. The van der Waals surface area contributed by atoms with Crippen LogP contribution in [-0.4, -0.2) is 36.9 Å². The molecule has 120 valence electrons. The third kappa shape index (κ3) is 4.48. The fourth-order valence-corrected chi connectivity index (χ4v) is 2.89.